The van der Waals surface area contributed by atoms with Gasteiger partial charge in [0.15, 0.2) is 11.6 Å². The first kappa shape index (κ1) is 25.5. The van der Waals surface area contributed by atoms with Crippen LogP contribution in [0.4, 0.5) is 0 Å². The molecule has 3 aromatic rings. The van der Waals surface area contributed by atoms with Crippen molar-refractivity contribution < 1.29 is 19.5 Å². The standard InChI is InChI=1S/C30H32N2O4/c1-31(2)27(34)19-32-17-25(29(35)22-11-5-3-6-12-22)28(24-15-9-10-21(16-24)20-33)26(18-32)30(36)23-13-7-4-8-14-23/h3-16,25-26,28,33H,17-20H2,1-2H3. The van der Waals surface area contributed by atoms with Gasteiger partial charge in [-0.15, -0.1) is 0 Å². The molecule has 2 unspecified atom stereocenters. The molecule has 0 aromatic heterocycles. The lowest BCUT2D eigenvalue weighted by molar-refractivity contribution is -0.130. The third kappa shape index (κ3) is 5.61. The van der Waals surface area contributed by atoms with Crippen molar-refractivity contribution in [2.24, 2.45) is 11.8 Å². The number of rotatable bonds is 8. The number of hydrogen-bond donors (Lipinski definition) is 1. The number of likely N-dealkylation sites (N-methyl/N-ethyl adjacent to an activating group) is 1. The first-order chi connectivity index (χ1) is 17.4. The molecule has 0 aliphatic carbocycles. The van der Waals surface area contributed by atoms with E-state index in [4.69, 9.17) is 0 Å². The van der Waals surface area contributed by atoms with E-state index in [1.165, 1.54) is 4.90 Å². The molecule has 1 amide bonds. The van der Waals surface area contributed by atoms with E-state index in [0.717, 1.165) is 11.1 Å². The molecule has 0 saturated carbocycles. The number of nitrogens with zero attached hydrogens (tertiary/aromatic N) is 2. The summed E-state index contributed by atoms with van der Waals surface area (Å²) in [5, 5.41) is 9.78. The smallest absolute Gasteiger partial charge is 0.236 e. The number of benzene rings is 3. The van der Waals surface area contributed by atoms with Gasteiger partial charge in [0.1, 0.15) is 0 Å². The number of ketones is 2. The SMILES string of the molecule is CN(C)C(=O)CN1CC(C(=O)c2ccccc2)C(c2cccc(CO)c2)C(C(=O)c2ccccc2)C1. The molecule has 0 radical (unpaired) electrons. The largest absolute Gasteiger partial charge is 0.392 e. The van der Waals surface area contributed by atoms with Gasteiger partial charge in [-0.3, -0.25) is 19.3 Å². The van der Waals surface area contributed by atoms with Crippen molar-refractivity contribution in [1.29, 1.82) is 0 Å². The van der Waals surface area contributed by atoms with Crippen LogP contribution >= 0.6 is 0 Å². The Bertz CT molecular complexity index is 1150. The summed E-state index contributed by atoms with van der Waals surface area (Å²) in [7, 11) is 3.41. The second-order valence-corrected chi connectivity index (χ2v) is 9.58. The predicted octanol–water partition coefficient (Wildman–Crippen LogP) is 3.66. The monoisotopic (exact) mass is 484 g/mol. The maximum atomic E-state index is 13.9. The van der Waals surface area contributed by atoms with Crippen molar-refractivity contribution >= 4 is 17.5 Å². The highest BCUT2D eigenvalue weighted by atomic mass is 16.3. The Morgan fingerprint density at radius 2 is 1.33 bits per heavy atom. The van der Waals surface area contributed by atoms with Crippen LogP contribution < -0.4 is 0 Å². The third-order valence-electron chi connectivity index (χ3n) is 6.94. The molecule has 4 rings (SSSR count). The van der Waals surface area contributed by atoms with Crippen LogP contribution in [0, 0.1) is 11.8 Å². The molecule has 6 nitrogen and oxygen atoms in total. The number of aliphatic hydroxyl groups is 1. The van der Waals surface area contributed by atoms with E-state index < -0.39 is 17.8 Å². The Morgan fingerprint density at radius 3 is 1.81 bits per heavy atom. The number of Topliss-reactive ketones (excluding diaryl/α,β-unsaturated/α-hetero) is 2. The summed E-state index contributed by atoms with van der Waals surface area (Å²) in [4.78, 5) is 43.9. The van der Waals surface area contributed by atoms with Crippen LogP contribution in [0.15, 0.2) is 84.9 Å². The van der Waals surface area contributed by atoms with Gasteiger partial charge in [-0.1, -0.05) is 84.9 Å². The van der Waals surface area contributed by atoms with Crippen molar-refractivity contribution in [3.05, 3.63) is 107 Å². The number of amides is 1. The summed E-state index contributed by atoms with van der Waals surface area (Å²) in [6.45, 7) is 0.728. The number of hydrogen-bond acceptors (Lipinski definition) is 5. The van der Waals surface area contributed by atoms with Crippen LogP contribution in [-0.4, -0.2) is 66.1 Å². The Kier molecular flexibility index (Phi) is 8.08. The molecule has 1 saturated heterocycles. The van der Waals surface area contributed by atoms with Gasteiger partial charge in [-0.2, -0.15) is 0 Å². The molecule has 6 heteroatoms. The second kappa shape index (κ2) is 11.4. The molecule has 3 aromatic carbocycles. The fraction of sp³-hybridized carbons (Fsp3) is 0.300. The van der Waals surface area contributed by atoms with Gasteiger partial charge in [0, 0.05) is 56.1 Å². The van der Waals surface area contributed by atoms with Crippen molar-refractivity contribution in [2.45, 2.75) is 12.5 Å². The summed E-state index contributed by atoms with van der Waals surface area (Å²) in [6.07, 6.45) is 0. The van der Waals surface area contributed by atoms with Gasteiger partial charge < -0.3 is 10.0 Å². The van der Waals surface area contributed by atoms with Crippen LogP contribution in [0.25, 0.3) is 0 Å². The van der Waals surface area contributed by atoms with Gasteiger partial charge in [0.25, 0.3) is 0 Å². The zero-order chi connectivity index (χ0) is 25.7. The molecular formula is C30H32N2O4. The predicted molar refractivity (Wildman–Crippen MR) is 139 cm³/mol. The van der Waals surface area contributed by atoms with Crippen LogP contribution in [-0.2, 0) is 11.4 Å². The van der Waals surface area contributed by atoms with Gasteiger partial charge in [0.05, 0.1) is 13.2 Å². The van der Waals surface area contributed by atoms with E-state index >= 15 is 0 Å². The van der Waals surface area contributed by atoms with Gasteiger partial charge in [-0.25, -0.2) is 0 Å². The van der Waals surface area contributed by atoms with Crippen LogP contribution in [0.1, 0.15) is 37.8 Å². The zero-order valence-electron chi connectivity index (χ0n) is 20.7. The van der Waals surface area contributed by atoms with Crippen molar-refractivity contribution in [2.75, 3.05) is 33.7 Å². The van der Waals surface area contributed by atoms with Gasteiger partial charge >= 0.3 is 0 Å². The van der Waals surface area contributed by atoms with Crippen LogP contribution in [0.3, 0.4) is 0 Å². The minimum absolute atomic E-state index is 0.0529. The average molecular weight is 485 g/mol. The highest BCUT2D eigenvalue weighted by molar-refractivity contribution is 6.02. The van der Waals surface area contributed by atoms with Crippen molar-refractivity contribution in [1.82, 2.24) is 9.80 Å². The minimum Gasteiger partial charge on any atom is -0.392 e. The summed E-state index contributed by atoms with van der Waals surface area (Å²) in [6, 6.07) is 25.7. The highest BCUT2D eigenvalue weighted by Crippen LogP contribution is 2.41. The summed E-state index contributed by atoms with van der Waals surface area (Å²) >= 11 is 0. The minimum atomic E-state index is -0.539. The number of likely N-dealkylation sites (tertiary alicyclic amines) is 1. The Balaban J connectivity index is 1.82. The van der Waals surface area contributed by atoms with E-state index in [2.05, 4.69) is 0 Å². The Morgan fingerprint density at radius 1 is 0.806 bits per heavy atom. The molecule has 1 N–H and O–H groups in total. The molecule has 0 spiro atoms. The van der Waals surface area contributed by atoms with Crippen molar-refractivity contribution in [3.63, 3.8) is 0 Å². The lowest BCUT2D eigenvalue weighted by Crippen LogP contribution is -2.52. The molecule has 1 aliphatic heterocycles. The quantitative estimate of drug-likeness (QED) is 0.494. The maximum absolute atomic E-state index is 13.9. The average Bonchev–Trinajstić information content (AvgIpc) is 2.92. The van der Waals surface area contributed by atoms with Crippen LogP contribution in [0.2, 0.25) is 0 Å². The van der Waals surface area contributed by atoms with Gasteiger partial charge in [-0.05, 0) is 11.1 Å². The van der Waals surface area contributed by atoms with E-state index in [0.29, 0.717) is 24.2 Å². The number of aliphatic hydroxyl groups excluding tert-OH is 1. The van der Waals surface area contributed by atoms with E-state index in [9.17, 15) is 19.5 Å². The topological polar surface area (TPSA) is 77.9 Å². The van der Waals surface area contributed by atoms with E-state index in [-0.39, 0.29) is 30.6 Å². The second-order valence-electron chi connectivity index (χ2n) is 9.58. The normalized spacial score (nSPS) is 20.0. The number of carbonyl (C=O) groups is 3. The number of carbonyl (C=O) groups excluding carboxylic acids is 3. The van der Waals surface area contributed by atoms with Crippen LogP contribution in [0.5, 0.6) is 0 Å². The van der Waals surface area contributed by atoms with Gasteiger partial charge in [0.2, 0.25) is 5.91 Å². The molecule has 1 fully saturated rings. The zero-order valence-corrected chi connectivity index (χ0v) is 20.7. The lowest BCUT2D eigenvalue weighted by atomic mass is 9.68. The highest BCUT2D eigenvalue weighted by Gasteiger charge is 2.45. The Hall–Kier alpha value is -3.61. The maximum Gasteiger partial charge on any atom is 0.236 e. The molecule has 1 heterocycles. The molecule has 186 valence electrons. The molecule has 36 heavy (non-hydrogen) atoms. The van der Waals surface area contributed by atoms with E-state index in [1.807, 2.05) is 65.6 Å². The fourth-order valence-electron chi connectivity index (χ4n) is 5.09. The molecule has 1 aliphatic rings. The number of piperidine rings is 1. The third-order valence-corrected chi connectivity index (χ3v) is 6.94. The Labute approximate surface area is 212 Å². The summed E-state index contributed by atoms with van der Waals surface area (Å²) in [5.74, 6) is -1.66. The summed E-state index contributed by atoms with van der Waals surface area (Å²) < 4.78 is 0. The van der Waals surface area contributed by atoms with Crippen molar-refractivity contribution in [3.8, 4) is 0 Å². The molecular weight excluding hydrogens is 452 g/mol. The molecule has 0 bridgehead atoms. The van der Waals surface area contributed by atoms with E-state index in [1.54, 1.807) is 38.4 Å². The first-order valence-electron chi connectivity index (χ1n) is 12.2. The lowest BCUT2D eigenvalue weighted by Gasteiger charge is -2.43. The molecule has 2 atom stereocenters. The first-order valence-corrected chi connectivity index (χ1v) is 12.2. The summed E-state index contributed by atoms with van der Waals surface area (Å²) in [5.41, 5.74) is 2.74. The fourth-order valence-corrected chi connectivity index (χ4v) is 5.09.